The Hall–Kier alpha value is -2.69. The van der Waals surface area contributed by atoms with Crippen LogP contribution in [0.1, 0.15) is 38.9 Å². The highest BCUT2D eigenvalue weighted by molar-refractivity contribution is 6.10. The van der Waals surface area contributed by atoms with Gasteiger partial charge in [-0.2, -0.15) is 0 Å². The molecule has 1 aromatic carbocycles. The lowest BCUT2D eigenvalue weighted by molar-refractivity contribution is 0.0524. The third-order valence-corrected chi connectivity index (χ3v) is 3.01. The van der Waals surface area contributed by atoms with Gasteiger partial charge in [0, 0.05) is 16.8 Å². The second-order valence-corrected chi connectivity index (χ2v) is 4.47. The summed E-state index contributed by atoms with van der Waals surface area (Å²) in [6, 6.07) is 9.96. The highest BCUT2D eigenvalue weighted by Crippen LogP contribution is 2.13. The SMILES string of the molecule is CCOC(=O)c1cc(C(=O)c2ccccc2)c(C)[nH]c1=O. The maximum absolute atomic E-state index is 12.4. The summed E-state index contributed by atoms with van der Waals surface area (Å²) in [6.45, 7) is 3.43. The van der Waals surface area contributed by atoms with Gasteiger partial charge in [0.25, 0.3) is 5.56 Å². The van der Waals surface area contributed by atoms with E-state index < -0.39 is 11.5 Å². The van der Waals surface area contributed by atoms with Crippen LogP contribution >= 0.6 is 0 Å². The van der Waals surface area contributed by atoms with E-state index in [1.165, 1.54) is 6.07 Å². The molecule has 0 amide bonds. The van der Waals surface area contributed by atoms with Gasteiger partial charge >= 0.3 is 5.97 Å². The van der Waals surface area contributed by atoms with Gasteiger partial charge in [0.1, 0.15) is 5.56 Å². The van der Waals surface area contributed by atoms with Crippen LogP contribution in [-0.4, -0.2) is 23.3 Å². The van der Waals surface area contributed by atoms with Crippen molar-refractivity contribution in [3.63, 3.8) is 0 Å². The van der Waals surface area contributed by atoms with Gasteiger partial charge in [0.15, 0.2) is 5.78 Å². The Morgan fingerprint density at radius 2 is 1.81 bits per heavy atom. The van der Waals surface area contributed by atoms with Gasteiger partial charge in [-0.15, -0.1) is 0 Å². The van der Waals surface area contributed by atoms with Crippen molar-refractivity contribution in [2.45, 2.75) is 13.8 Å². The van der Waals surface area contributed by atoms with Crippen molar-refractivity contribution in [2.75, 3.05) is 6.61 Å². The molecule has 2 aromatic rings. The third kappa shape index (κ3) is 3.08. The Labute approximate surface area is 121 Å². The normalized spacial score (nSPS) is 10.2. The topological polar surface area (TPSA) is 76.2 Å². The first-order chi connectivity index (χ1) is 10.0. The molecule has 0 fully saturated rings. The van der Waals surface area contributed by atoms with E-state index in [9.17, 15) is 14.4 Å². The molecule has 5 nitrogen and oxygen atoms in total. The molecule has 0 aliphatic rings. The van der Waals surface area contributed by atoms with Crippen LogP contribution in [0.15, 0.2) is 41.2 Å². The molecule has 21 heavy (non-hydrogen) atoms. The van der Waals surface area contributed by atoms with Crippen LogP contribution in [0, 0.1) is 6.92 Å². The molecule has 2 rings (SSSR count). The zero-order valence-electron chi connectivity index (χ0n) is 11.8. The molecular formula is C16H15NO4. The van der Waals surface area contributed by atoms with Crippen LogP contribution in [0.3, 0.4) is 0 Å². The van der Waals surface area contributed by atoms with Gasteiger partial charge in [0.2, 0.25) is 0 Å². The van der Waals surface area contributed by atoms with E-state index in [2.05, 4.69) is 4.98 Å². The minimum Gasteiger partial charge on any atom is -0.462 e. The maximum Gasteiger partial charge on any atom is 0.343 e. The standard InChI is InChI=1S/C16H15NO4/c1-3-21-16(20)13-9-12(10(2)17-15(13)19)14(18)11-7-5-4-6-8-11/h4-9H,3H2,1-2H3,(H,17,19). The number of ether oxygens (including phenoxy) is 1. The first-order valence-corrected chi connectivity index (χ1v) is 6.55. The number of aryl methyl sites for hydroxylation is 1. The van der Waals surface area contributed by atoms with Gasteiger partial charge in [-0.3, -0.25) is 9.59 Å². The molecule has 108 valence electrons. The second-order valence-electron chi connectivity index (χ2n) is 4.47. The fourth-order valence-electron chi connectivity index (χ4n) is 1.96. The highest BCUT2D eigenvalue weighted by Gasteiger charge is 2.18. The lowest BCUT2D eigenvalue weighted by Gasteiger charge is -2.07. The molecule has 1 aromatic heterocycles. The van der Waals surface area contributed by atoms with Crippen molar-refractivity contribution >= 4 is 11.8 Å². The molecule has 0 unspecified atom stereocenters. The Kier molecular flexibility index (Phi) is 4.33. The minimum absolute atomic E-state index is 0.161. The Balaban J connectivity index is 2.50. The molecule has 0 saturated heterocycles. The van der Waals surface area contributed by atoms with E-state index in [1.807, 2.05) is 0 Å². The average molecular weight is 285 g/mol. The lowest BCUT2D eigenvalue weighted by Crippen LogP contribution is -2.23. The van der Waals surface area contributed by atoms with Crippen molar-refractivity contribution in [1.29, 1.82) is 0 Å². The second kappa shape index (κ2) is 6.17. The summed E-state index contributed by atoms with van der Waals surface area (Å²) < 4.78 is 4.82. The number of ketones is 1. The average Bonchev–Trinajstić information content (AvgIpc) is 2.48. The van der Waals surface area contributed by atoms with Gasteiger partial charge in [0.05, 0.1) is 6.61 Å². The Bertz CT molecular complexity index is 732. The molecule has 5 heteroatoms. The number of aromatic nitrogens is 1. The fourth-order valence-corrected chi connectivity index (χ4v) is 1.96. The Morgan fingerprint density at radius 1 is 1.14 bits per heavy atom. The lowest BCUT2D eigenvalue weighted by atomic mass is 10.0. The molecular weight excluding hydrogens is 270 g/mol. The molecule has 0 saturated carbocycles. The zero-order valence-corrected chi connectivity index (χ0v) is 11.8. The van der Waals surface area contributed by atoms with E-state index in [0.717, 1.165) is 0 Å². The third-order valence-electron chi connectivity index (χ3n) is 3.01. The van der Waals surface area contributed by atoms with Crippen LogP contribution in [-0.2, 0) is 4.74 Å². The first-order valence-electron chi connectivity index (χ1n) is 6.55. The number of hydrogen-bond donors (Lipinski definition) is 1. The number of carbonyl (C=O) groups is 2. The molecule has 0 radical (unpaired) electrons. The molecule has 0 spiro atoms. The van der Waals surface area contributed by atoms with Crippen LogP contribution in [0.25, 0.3) is 0 Å². The van der Waals surface area contributed by atoms with E-state index in [1.54, 1.807) is 44.2 Å². The predicted molar refractivity (Wildman–Crippen MR) is 77.6 cm³/mol. The molecule has 0 atom stereocenters. The number of carbonyl (C=O) groups excluding carboxylic acids is 2. The summed E-state index contributed by atoms with van der Waals surface area (Å²) in [6.07, 6.45) is 0. The maximum atomic E-state index is 12.4. The summed E-state index contributed by atoms with van der Waals surface area (Å²) in [5, 5.41) is 0. The quantitative estimate of drug-likeness (QED) is 0.689. The minimum atomic E-state index is -0.735. The van der Waals surface area contributed by atoms with Crippen molar-refractivity contribution in [3.05, 3.63) is 69.1 Å². The summed E-state index contributed by atoms with van der Waals surface area (Å²) in [5.74, 6) is -0.990. The van der Waals surface area contributed by atoms with Crippen LogP contribution in [0.2, 0.25) is 0 Å². The molecule has 0 aliphatic carbocycles. The van der Waals surface area contributed by atoms with E-state index in [0.29, 0.717) is 11.3 Å². The van der Waals surface area contributed by atoms with Crippen molar-refractivity contribution < 1.29 is 14.3 Å². The molecule has 0 aliphatic heterocycles. The van der Waals surface area contributed by atoms with Gasteiger partial charge < -0.3 is 9.72 Å². The molecule has 0 bridgehead atoms. The number of aromatic amines is 1. The van der Waals surface area contributed by atoms with Crippen LogP contribution < -0.4 is 5.56 Å². The summed E-state index contributed by atoms with van der Waals surface area (Å²) >= 11 is 0. The van der Waals surface area contributed by atoms with Crippen LogP contribution in [0.5, 0.6) is 0 Å². The molecule has 1 heterocycles. The first kappa shape index (κ1) is 14.7. The Morgan fingerprint density at radius 3 is 2.43 bits per heavy atom. The summed E-state index contributed by atoms with van der Waals surface area (Å²) in [7, 11) is 0. The van der Waals surface area contributed by atoms with Gasteiger partial charge in [-0.25, -0.2) is 4.79 Å². The summed E-state index contributed by atoms with van der Waals surface area (Å²) in [5.41, 5.74) is 0.463. The number of rotatable bonds is 4. The number of hydrogen-bond acceptors (Lipinski definition) is 4. The number of H-pyrrole nitrogens is 1. The summed E-state index contributed by atoms with van der Waals surface area (Å²) in [4.78, 5) is 38.5. The van der Waals surface area contributed by atoms with E-state index in [4.69, 9.17) is 4.74 Å². The predicted octanol–water partition coefficient (Wildman–Crippen LogP) is 2.09. The van der Waals surface area contributed by atoms with Crippen molar-refractivity contribution in [2.24, 2.45) is 0 Å². The van der Waals surface area contributed by atoms with E-state index >= 15 is 0 Å². The monoisotopic (exact) mass is 285 g/mol. The molecule has 1 N–H and O–H groups in total. The number of esters is 1. The smallest absolute Gasteiger partial charge is 0.343 e. The fraction of sp³-hybridized carbons (Fsp3) is 0.188. The zero-order chi connectivity index (χ0) is 15.4. The van der Waals surface area contributed by atoms with Crippen LogP contribution in [0.4, 0.5) is 0 Å². The number of pyridine rings is 1. The number of benzene rings is 1. The highest BCUT2D eigenvalue weighted by atomic mass is 16.5. The van der Waals surface area contributed by atoms with Gasteiger partial charge in [-0.1, -0.05) is 30.3 Å². The van der Waals surface area contributed by atoms with Crippen molar-refractivity contribution in [1.82, 2.24) is 4.98 Å². The largest absolute Gasteiger partial charge is 0.462 e. The number of nitrogens with one attached hydrogen (secondary N) is 1. The van der Waals surface area contributed by atoms with Gasteiger partial charge in [-0.05, 0) is 19.9 Å². The van der Waals surface area contributed by atoms with Crippen molar-refractivity contribution in [3.8, 4) is 0 Å². The van der Waals surface area contributed by atoms with E-state index in [-0.39, 0.29) is 23.5 Å².